The molecule has 0 saturated carbocycles. The van der Waals surface area contributed by atoms with Crippen molar-refractivity contribution in [3.05, 3.63) is 88.0 Å². The smallest absolute Gasteiger partial charge is 0.287 e. The molecule has 0 aliphatic carbocycles. The van der Waals surface area contributed by atoms with Crippen molar-refractivity contribution >= 4 is 33.1 Å². The Hall–Kier alpha value is -3.18. The standard InChI is InChI=1S/C20H15F2N3O4S2/c1-12-8-19-23-13(9-20(26)25(19)29-12)11-30-18-5-3-2-4-17(18)24-31(27,28)14-6-7-15(21)16(22)10-14/h2-10,24H,11H2,1H3. The summed E-state index contributed by atoms with van der Waals surface area (Å²) in [6.45, 7) is 1.71. The molecule has 2 aromatic heterocycles. The number of rotatable bonds is 6. The number of hydrogen-bond acceptors (Lipinski definition) is 6. The van der Waals surface area contributed by atoms with Crippen LogP contribution in [0.4, 0.5) is 14.5 Å². The van der Waals surface area contributed by atoms with Crippen LogP contribution in [0.3, 0.4) is 0 Å². The second-order valence-corrected chi connectivity index (χ2v) is 9.25. The molecule has 0 bridgehead atoms. The molecule has 0 spiro atoms. The summed E-state index contributed by atoms with van der Waals surface area (Å²) >= 11 is 1.26. The molecular formula is C20H15F2N3O4S2. The molecule has 4 aromatic rings. The van der Waals surface area contributed by atoms with Gasteiger partial charge < -0.3 is 4.52 Å². The Morgan fingerprint density at radius 1 is 1.10 bits per heavy atom. The van der Waals surface area contributed by atoms with E-state index in [-0.39, 0.29) is 11.2 Å². The Bertz CT molecular complexity index is 1450. The number of thioether (sulfide) groups is 1. The first-order chi connectivity index (χ1) is 14.7. The van der Waals surface area contributed by atoms with Gasteiger partial charge in [0.2, 0.25) is 0 Å². The number of para-hydroxylation sites is 1. The maximum absolute atomic E-state index is 13.5. The minimum absolute atomic E-state index is 0.259. The fourth-order valence-corrected chi connectivity index (χ4v) is 4.88. The number of aromatic nitrogens is 2. The van der Waals surface area contributed by atoms with Gasteiger partial charge >= 0.3 is 0 Å². The van der Waals surface area contributed by atoms with E-state index in [0.717, 1.165) is 16.7 Å². The normalized spacial score (nSPS) is 11.7. The number of sulfonamides is 1. The number of fused-ring (bicyclic) bond motifs is 1. The third kappa shape index (κ3) is 4.47. The summed E-state index contributed by atoms with van der Waals surface area (Å²) in [7, 11) is -4.14. The zero-order valence-electron chi connectivity index (χ0n) is 16.0. The van der Waals surface area contributed by atoms with E-state index in [9.17, 15) is 22.0 Å². The van der Waals surface area contributed by atoms with Gasteiger partial charge in [0.25, 0.3) is 15.6 Å². The summed E-state index contributed by atoms with van der Waals surface area (Å²) in [6.07, 6.45) is 0. The topological polar surface area (TPSA) is 93.7 Å². The van der Waals surface area contributed by atoms with Crippen molar-refractivity contribution < 1.29 is 21.7 Å². The molecule has 4 rings (SSSR count). The first-order valence-corrected chi connectivity index (χ1v) is 11.4. The Kier molecular flexibility index (Phi) is 5.54. The fourth-order valence-electron chi connectivity index (χ4n) is 2.82. The third-order valence-electron chi connectivity index (χ3n) is 4.23. The highest BCUT2D eigenvalue weighted by molar-refractivity contribution is 7.98. The van der Waals surface area contributed by atoms with Gasteiger partial charge in [-0.2, -0.15) is 0 Å². The monoisotopic (exact) mass is 463 g/mol. The lowest BCUT2D eigenvalue weighted by Gasteiger charge is -2.12. The second-order valence-electron chi connectivity index (χ2n) is 6.55. The van der Waals surface area contributed by atoms with Gasteiger partial charge in [0.05, 0.1) is 16.3 Å². The van der Waals surface area contributed by atoms with Crippen molar-refractivity contribution in [3.8, 4) is 0 Å². The zero-order valence-corrected chi connectivity index (χ0v) is 17.6. The Labute approximate surface area is 179 Å². The maximum Gasteiger partial charge on any atom is 0.287 e. The molecule has 7 nitrogen and oxygen atoms in total. The Morgan fingerprint density at radius 2 is 1.87 bits per heavy atom. The van der Waals surface area contributed by atoms with Crippen LogP contribution in [0.15, 0.2) is 73.7 Å². The van der Waals surface area contributed by atoms with Crippen molar-refractivity contribution in [2.75, 3.05) is 4.72 Å². The number of aryl methyl sites for hydroxylation is 1. The molecular weight excluding hydrogens is 448 g/mol. The van der Waals surface area contributed by atoms with Gasteiger partial charge in [0.15, 0.2) is 17.3 Å². The van der Waals surface area contributed by atoms with Gasteiger partial charge in [-0.15, -0.1) is 16.3 Å². The number of anilines is 1. The van der Waals surface area contributed by atoms with Crippen LogP contribution in [-0.4, -0.2) is 18.0 Å². The van der Waals surface area contributed by atoms with Gasteiger partial charge in [-0.25, -0.2) is 22.2 Å². The highest BCUT2D eigenvalue weighted by Gasteiger charge is 2.18. The molecule has 1 N–H and O–H groups in total. The van der Waals surface area contributed by atoms with Crippen LogP contribution < -0.4 is 10.3 Å². The van der Waals surface area contributed by atoms with Crippen LogP contribution in [0.5, 0.6) is 0 Å². The summed E-state index contributed by atoms with van der Waals surface area (Å²) in [6, 6.07) is 11.9. The van der Waals surface area contributed by atoms with E-state index in [1.165, 1.54) is 17.8 Å². The van der Waals surface area contributed by atoms with E-state index in [0.29, 0.717) is 33.8 Å². The number of hydrogen-bond donors (Lipinski definition) is 1. The average molecular weight is 463 g/mol. The first-order valence-electron chi connectivity index (χ1n) is 8.92. The first kappa shape index (κ1) is 21.1. The van der Waals surface area contributed by atoms with Crippen LogP contribution in [0, 0.1) is 18.6 Å². The molecule has 2 aromatic carbocycles. The minimum atomic E-state index is -4.14. The predicted molar refractivity (Wildman–Crippen MR) is 112 cm³/mol. The molecule has 0 saturated heterocycles. The van der Waals surface area contributed by atoms with Crippen LogP contribution in [0.25, 0.3) is 5.65 Å². The molecule has 0 aliphatic rings. The quantitative estimate of drug-likeness (QED) is 0.435. The maximum atomic E-state index is 13.5. The van der Waals surface area contributed by atoms with Crippen molar-refractivity contribution in [2.24, 2.45) is 0 Å². The number of nitrogens with zero attached hydrogens (tertiary/aromatic N) is 2. The van der Waals surface area contributed by atoms with E-state index in [2.05, 4.69) is 9.71 Å². The number of halogens is 2. The van der Waals surface area contributed by atoms with E-state index in [1.807, 2.05) is 0 Å². The van der Waals surface area contributed by atoms with E-state index in [1.54, 1.807) is 37.3 Å². The molecule has 0 atom stereocenters. The third-order valence-corrected chi connectivity index (χ3v) is 6.70. The van der Waals surface area contributed by atoms with Crippen LogP contribution in [0.1, 0.15) is 11.5 Å². The molecule has 0 fully saturated rings. The number of nitrogens with one attached hydrogen (secondary N) is 1. The van der Waals surface area contributed by atoms with Gasteiger partial charge in [-0.3, -0.25) is 9.52 Å². The highest BCUT2D eigenvalue weighted by Crippen LogP contribution is 2.31. The average Bonchev–Trinajstić information content (AvgIpc) is 3.10. The van der Waals surface area contributed by atoms with E-state index >= 15 is 0 Å². The van der Waals surface area contributed by atoms with Gasteiger partial charge in [-0.05, 0) is 37.3 Å². The van der Waals surface area contributed by atoms with Gasteiger partial charge in [0, 0.05) is 22.8 Å². The van der Waals surface area contributed by atoms with Crippen LogP contribution in [-0.2, 0) is 15.8 Å². The molecule has 2 heterocycles. The molecule has 0 unspecified atom stereocenters. The predicted octanol–water partition coefficient (Wildman–Crippen LogP) is 3.97. The van der Waals surface area contributed by atoms with Gasteiger partial charge in [-0.1, -0.05) is 12.1 Å². The lowest BCUT2D eigenvalue weighted by Crippen LogP contribution is -2.14. The van der Waals surface area contributed by atoms with Crippen molar-refractivity contribution in [3.63, 3.8) is 0 Å². The summed E-state index contributed by atoms with van der Waals surface area (Å²) in [5, 5.41) is 0. The SMILES string of the molecule is Cc1cc2nc(CSc3ccccc3NS(=O)(=O)c3ccc(F)c(F)c3)cc(=O)n2o1. The van der Waals surface area contributed by atoms with Crippen LogP contribution >= 0.6 is 11.8 Å². The molecule has 0 radical (unpaired) electrons. The molecule has 31 heavy (non-hydrogen) atoms. The minimum Gasteiger partial charge on any atom is -0.375 e. The molecule has 160 valence electrons. The Balaban J connectivity index is 1.57. The Morgan fingerprint density at radius 3 is 2.65 bits per heavy atom. The summed E-state index contributed by atoms with van der Waals surface area (Å²) < 4.78 is 60.6. The number of benzene rings is 2. The summed E-state index contributed by atoms with van der Waals surface area (Å²) in [4.78, 5) is 16.7. The van der Waals surface area contributed by atoms with Crippen LogP contribution in [0.2, 0.25) is 0 Å². The van der Waals surface area contributed by atoms with Crippen molar-refractivity contribution in [1.82, 2.24) is 9.56 Å². The largest absolute Gasteiger partial charge is 0.375 e. The van der Waals surface area contributed by atoms with E-state index < -0.39 is 26.6 Å². The lowest BCUT2D eigenvalue weighted by atomic mass is 10.3. The van der Waals surface area contributed by atoms with Gasteiger partial charge in [0.1, 0.15) is 5.76 Å². The highest BCUT2D eigenvalue weighted by atomic mass is 32.2. The lowest BCUT2D eigenvalue weighted by molar-refractivity contribution is 0.344. The molecule has 11 heteroatoms. The molecule has 0 amide bonds. The summed E-state index contributed by atoms with van der Waals surface area (Å²) in [5.74, 6) is -1.55. The fraction of sp³-hybridized carbons (Fsp3) is 0.100. The van der Waals surface area contributed by atoms with E-state index in [4.69, 9.17) is 4.52 Å². The molecule has 0 aliphatic heterocycles. The van der Waals surface area contributed by atoms with Crippen molar-refractivity contribution in [2.45, 2.75) is 22.5 Å². The zero-order chi connectivity index (χ0) is 22.2. The summed E-state index contributed by atoms with van der Waals surface area (Å²) in [5.41, 5.74) is 0.775. The van der Waals surface area contributed by atoms with Crippen molar-refractivity contribution in [1.29, 1.82) is 0 Å². The second kappa shape index (κ2) is 8.16.